The molecule has 2 aromatic rings. The molecule has 1 saturated carbocycles. The van der Waals surface area contributed by atoms with E-state index in [1.165, 1.54) is 0 Å². The van der Waals surface area contributed by atoms with Crippen molar-refractivity contribution in [2.75, 3.05) is 6.61 Å². The van der Waals surface area contributed by atoms with Gasteiger partial charge in [-0.15, -0.1) is 0 Å². The molecule has 1 aliphatic carbocycles. The molecule has 0 aromatic heterocycles. The molecule has 5 nitrogen and oxygen atoms in total. The molecule has 0 saturated heterocycles. The third kappa shape index (κ3) is 6.60. The van der Waals surface area contributed by atoms with Crippen LogP contribution in [0.25, 0.3) is 0 Å². The first-order valence-corrected chi connectivity index (χ1v) is 11.6. The van der Waals surface area contributed by atoms with Gasteiger partial charge in [0.1, 0.15) is 11.8 Å². The lowest BCUT2D eigenvalue weighted by Crippen LogP contribution is -2.50. The molecule has 1 fully saturated rings. The average molecular weight is 541 g/mol. The fourth-order valence-corrected chi connectivity index (χ4v) is 4.01. The molecule has 0 radical (unpaired) electrons. The highest BCUT2D eigenvalue weighted by molar-refractivity contribution is 14.1. The second-order valence-electron chi connectivity index (χ2n) is 7.56. The van der Waals surface area contributed by atoms with Crippen LogP contribution in [0, 0.1) is 3.57 Å². The first-order chi connectivity index (χ1) is 14.4. The Morgan fingerprint density at radius 2 is 1.77 bits per heavy atom. The van der Waals surface area contributed by atoms with Crippen LogP contribution in [0.4, 0.5) is 0 Å². The summed E-state index contributed by atoms with van der Waals surface area (Å²) in [5.74, 6) is 0.259. The number of nitrogens with one attached hydrogen (secondary N) is 1. The molecule has 0 aliphatic heterocycles. The van der Waals surface area contributed by atoms with E-state index in [1.54, 1.807) is 24.0 Å². The minimum absolute atomic E-state index is 0.126. The van der Waals surface area contributed by atoms with Gasteiger partial charge in [-0.1, -0.05) is 36.6 Å². The quantitative estimate of drug-likeness (QED) is 0.490. The van der Waals surface area contributed by atoms with Crippen molar-refractivity contribution in [1.29, 1.82) is 0 Å². The minimum atomic E-state index is -0.603. The predicted molar refractivity (Wildman–Crippen MR) is 127 cm³/mol. The molecule has 1 atom stereocenters. The Morgan fingerprint density at radius 3 is 2.40 bits per heavy atom. The van der Waals surface area contributed by atoms with E-state index >= 15 is 0 Å². The summed E-state index contributed by atoms with van der Waals surface area (Å²) in [7, 11) is 0. The van der Waals surface area contributed by atoms with Crippen LogP contribution in [0.5, 0.6) is 5.75 Å². The Balaban J connectivity index is 1.69. The Kier molecular flexibility index (Phi) is 8.39. The van der Waals surface area contributed by atoms with E-state index in [9.17, 15) is 9.59 Å². The van der Waals surface area contributed by atoms with Crippen molar-refractivity contribution >= 4 is 46.0 Å². The van der Waals surface area contributed by atoms with Crippen LogP contribution in [0.2, 0.25) is 5.02 Å². The Bertz CT molecular complexity index is 852. The smallest absolute Gasteiger partial charge is 0.261 e. The SMILES string of the molecule is C[C@@H](C(=O)NC1CCCC1)N(Cc1ccc(Cl)cc1)C(=O)COc1ccc(I)cc1. The van der Waals surface area contributed by atoms with Gasteiger partial charge >= 0.3 is 0 Å². The highest BCUT2D eigenvalue weighted by atomic mass is 127. The van der Waals surface area contributed by atoms with Crippen molar-refractivity contribution < 1.29 is 14.3 Å². The number of ether oxygens (including phenoxy) is 1. The third-order valence-corrected chi connectivity index (χ3v) is 6.28. The Morgan fingerprint density at radius 1 is 1.13 bits per heavy atom. The standard InChI is InChI=1S/C23H26ClIN2O3/c1-16(23(29)26-20-4-2-3-5-20)27(14-17-6-8-18(24)9-7-17)22(28)15-30-21-12-10-19(25)11-13-21/h6-13,16,20H,2-5,14-15H2,1H3,(H,26,29)/t16-/m0/s1. The molecule has 0 bridgehead atoms. The first-order valence-electron chi connectivity index (χ1n) is 10.1. The average Bonchev–Trinajstić information content (AvgIpc) is 3.25. The number of benzene rings is 2. The van der Waals surface area contributed by atoms with Crippen molar-refractivity contribution in [2.45, 2.75) is 51.2 Å². The molecule has 2 aromatic carbocycles. The molecular formula is C23H26ClIN2O3. The minimum Gasteiger partial charge on any atom is -0.484 e. The fraction of sp³-hybridized carbons (Fsp3) is 0.391. The molecule has 0 spiro atoms. The number of hydrogen-bond donors (Lipinski definition) is 1. The van der Waals surface area contributed by atoms with Gasteiger partial charge in [-0.05, 0) is 84.3 Å². The van der Waals surface area contributed by atoms with Crippen LogP contribution < -0.4 is 10.1 Å². The van der Waals surface area contributed by atoms with Gasteiger partial charge in [-0.3, -0.25) is 9.59 Å². The van der Waals surface area contributed by atoms with Crippen LogP contribution in [-0.4, -0.2) is 35.4 Å². The Hall–Kier alpha value is -1.80. The lowest BCUT2D eigenvalue weighted by atomic mass is 10.1. The molecule has 1 N–H and O–H groups in total. The summed E-state index contributed by atoms with van der Waals surface area (Å²) in [5, 5.41) is 3.72. The number of carbonyl (C=O) groups is 2. The van der Waals surface area contributed by atoms with Crippen LogP contribution in [0.1, 0.15) is 38.2 Å². The van der Waals surface area contributed by atoms with Crippen molar-refractivity contribution in [3.8, 4) is 5.75 Å². The number of nitrogens with zero attached hydrogens (tertiary/aromatic N) is 1. The molecule has 2 amide bonds. The van der Waals surface area contributed by atoms with E-state index in [-0.39, 0.29) is 24.5 Å². The molecular weight excluding hydrogens is 515 g/mol. The topological polar surface area (TPSA) is 58.6 Å². The predicted octanol–water partition coefficient (Wildman–Crippen LogP) is 4.80. The van der Waals surface area contributed by atoms with E-state index < -0.39 is 6.04 Å². The highest BCUT2D eigenvalue weighted by Gasteiger charge is 2.28. The number of amides is 2. The van der Waals surface area contributed by atoms with Gasteiger partial charge in [0.2, 0.25) is 5.91 Å². The lowest BCUT2D eigenvalue weighted by Gasteiger charge is -2.29. The summed E-state index contributed by atoms with van der Waals surface area (Å²) in [6, 6.07) is 14.4. The molecule has 0 unspecified atom stereocenters. The molecule has 7 heteroatoms. The van der Waals surface area contributed by atoms with Crippen LogP contribution in [-0.2, 0) is 16.1 Å². The monoisotopic (exact) mass is 540 g/mol. The van der Waals surface area contributed by atoms with Gasteiger partial charge in [0.25, 0.3) is 5.91 Å². The second kappa shape index (κ2) is 11.0. The summed E-state index contributed by atoms with van der Waals surface area (Å²) < 4.78 is 6.77. The largest absolute Gasteiger partial charge is 0.484 e. The van der Waals surface area contributed by atoms with E-state index in [1.807, 2.05) is 36.4 Å². The van der Waals surface area contributed by atoms with Gasteiger partial charge in [-0.2, -0.15) is 0 Å². The highest BCUT2D eigenvalue weighted by Crippen LogP contribution is 2.19. The third-order valence-electron chi connectivity index (χ3n) is 5.31. The van der Waals surface area contributed by atoms with Gasteiger partial charge in [0, 0.05) is 21.2 Å². The number of carbonyl (C=O) groups excluding carboxylic acids is 2. The van der Waals surface area contributed by atoms with E-state index in [0.29, 0.717) is 17.3 Å². The number of rotatable bonds is 8. The maximum absolute atomic E-state index is 13.0. The zero-order valence-electron chi connectivity index (χ0n) is 16.9. The van der Waals surface area contributed by atoms with Gasteiger partial charge in [-0.25, -0.2) is 0 Å². The summed E-state index contributed by atoms with van der Waals surface area (Å²) in [4.78, 5) is 27.4. The number of halogens is 2. The van der Waals surface area contributed by atoms with E-state index in [4.69, 9.17) is 16.3 Å². The number of hydrogen-bond acceptors (Lipinski definition) is 3. The second-order valence-corrected chi connectivity index (χ2v) is 9.24. The van der Waals surface area contributed by atoms with Crippen LogP contribution in [0.15, 0.2) is 48.5 Å². The first kappa shape index (κ1) is 22.9. The van der Waals surface area contributed by atoms with E-state index in [0.717, 1.165) is 34.8 Å². The lowest BCUT2D eigenvalue weighted by molar-refractivity contribution is -0.142. The fourth-order valence-electron chi connectivity index (χ4n) is 3.52. The van der Waals surface area contributed by atoms with Gasteiger partial charge in [0.15, 0.2) is 6.61 Å². The molecule has 1 aliphatic rings. The maximum Gasteiger partial charge on any atom is 0.261 e. The van der Waals surface area contributed by atoms with Gasteiger partial charge in [0.05, 0.1) is 0 Å². The van der Waals surface area contributed by atoms with Crippen LogP contribution in [0.3, 0.4) is 0 Å². The summed E-state index contributed by atoms with van der Waals surface area (Å²) in [5.41, 5.74) is 0.905. The zero-order valence-corrected chi connectivity index (χ0v) is 19.9. The van der Waals surface area contributed by atoms with Crippen molar-refractivity contribution in [1.82, 2.24) is 10.2 Å². The summed E-state index contributed by atoms with van der Waals surface area (Å²) >= 11 is 8.20. The Labute approximate surface area is 196 Å². The maximum atomic E-state index is 13.0. The zero-order chi connectivity index (χ0) is 21.5. The summed E-state index contributed by atoms with van der Waals surface area (Å²) in [6.45, 7) is 1.95. The van der Waals surface area contributed by atoms with Gasteiger partial charge < -0.3 is 15.0 Å². The molecule has 0 heterocycles. The van der Waals surface area contributed by atoms with Crippen LogP contribution >= 0.6 is 34.2 Å². The molecule has 30 heavy (non-hydrogen) atoms. The molecule has 3 rings (SSSR count). The molecule has 160 valence electrons. The summed E-state index contributed by atoms with van der Waals surface area (Å²) in [6.07, 6.45) is 4.27. The van der Waals surface area contributed by atoms with E-state index in [2.05, 4.69) is 27.9 Å². The van der Waals surface area contributed by atoms with Crippen molar-refractivity contribution in [3.63, 3.8) is 0 Å². The van der Waals surface area contributed by atoms with Crippen molar-refractivity contribution in [3.05, 3.63) is 62.7 Å². The van der Waals surface area contributed by atoms with Crippen molar-refractivity contribution in [2.24, 2.45) is 0 Å². The normalized spacial score (nSPS) is 14.9.